The van der Waals surface area contributed by atoms with Crippen molar-refractivity contribution in [2.75, 3.05) is 0 Å². The molecular weight excluding hydrogens is 270 g/mol. The molecule has 5 nitrogen and oxygen atoms in total. The molecule has 1 amide bonds. The van der Waals surface area contributed by atoms with Crippen LogP contribution >= 0.6 is 0 Å². The Morgan fingerprint density at radius 1 is 1.38 bits per heavy atom. The molecule has 2 unspecified atom stereocenters. The number of furan rings is 1. The second-order valence-corrected chi connectivity index (χ2v) is 6.04. The third-order valence-electron chi connectivity index (χ3n) is 4.19. The number of carboxylic acid groups (broad SMARTS) is 1. The van der Waals surface area contributed by atoms with Crippen LogP contribution < -0.4 is 0 Å². The molecule has 1 aromatic rings. The van der Waals surface area contributed by atoms with Gasteiger partial charge >= 0.3 is 5.97 Å². The Hall–Kier alpha value is -1.78. The zero-order valence-electron chi connectivity index (χ0n) is 12.6. The number of hydrogen-bond acceptors (Lipinski definition) is 3. The van der Waals surface area contributed by atoms with E-state index in [1.807, 2.05) is 19.9 Å². The lowest BCUT2D eigenvalue weighted by Gasteiger charge is -2.33. The average Bonchev–Trinajstić information content (AvgIpc) is 2.97. The normalized spacial score (nSPS) is 22.2. The maximum absolute atomic E-state index is 12.7. The molecule has 1 aliphatic carbocycles. The second-order valence-electron chi connectivity index (χ2n) is 6.04. The summed E-state index contributed by atoms with van der Waals surface area (Å²) in [5.41, 5.74) is 0. The molecular formula is C16H23NO4. The van der Waals surface area contributed by atoms with Gasteiger partial charge in [0.2, 0.25) is 5.91 Å². The summed E-state index contributed by atoms with van der Waals surface area (Å²) in [6.45, 7) is 4.38. The fourth-order valence-corrected chi connectivity index (χ4v) is 2.96. The highest BCUT2D eigenvalue weighted by atomic mass is 16.4. The molecule has 0 saturated heterocycles. The number of carbonyl (C=O) groups excluding carboxylic acids is 1. The minimum atomic E-state index is -0.783. The maximum atomic E-state index is 12.7. The van der Waals surface area contributed by atoms with Gasteiger partial charge in [0.25, 0.3) is 0 Å². The molecule has 1 aromatic heterocycles. The molecule has 0 aromatic carbocycles. The lowest BCUT2D eigenvalue weighted by molar-refractivity contribution is -0.146. The standard InChI is InChI=1S/C16H23NO4/c1-11(2)17(10-14-7-4-8-21-14)15(18)12-5-3-6-13(9-12)16(19)20/h4,7-8,11-13H,3,5-6,9-10H2,1-2H3,(H,19,20). The quantitative estimate of drug-likeness (QED) is 0.906. The number of hydrogen-bond donors (Lipinski definition) is 1. The Kier molecular flexibility index (Phi) is 5.04. The SMILES string of the molecule is CC(C)N(Cc1ccco1)C(=O)C1CCCC(C(=O)O)C1. The highest BCUT2D eigenvalue weighted by Crippen LogP contribution is 2.31. The Morgan fingerprint density at radius 2 is 2.10 bits per heavy atom. The number of nitrogens with zero attached hydrogens (tertiary/aromatic N) is 1. The predicted molar refractivity (Wildman–Crippen MR) is 77.5 cm³/mol. The van der Waals surface area contributed by atoms with Crippen LogP contribution in [0.25, 0.3) is 0 Å². The van der Waals surface area contributed by atoms with E-state index in [9.17, 15) is 9.59 Å². The first kappa shape index (κ1) is 15.6. The molecule has 5 heteroatoms. The Morgan fingerprint density at radius 3 is 2.67 bits per heavy atom. The van der Waals surface area contributed by atoms with Crippen LogP contribution in [0.4, 0.5) is 0 Å². The van der Waals surface area contributed by atoms with Gasteiger partial charge in [-0.1, -0.05) is 6.42 Å². The summed E-state index contributed by atoms with van der Waals surface area (Å²) in [7, 11) is 0. The van der Waals surface area contributed by atoms with E-state index in [0.29, 0.717) is 19.4 Å². The molecule has 1 fully saturated rings. The smallest absolute Gasteiger partial charge is 0.306 e. The van der Waals surface area contributed by atoms with Crippen LogP contribution in [-0.2, 0) is 16.1 Å². The van der Waals surface area contributed by atoms with E-state index in [1.54, 1.807) is 17.2 Å². The summed E-state index contributed by atoms with van der Waals surface area (Å²) in [6.07, 6.45) is 4.32. The number of aliphatic carboxylic acids is 1. The highest BCUT2D eigenvalue weighted by Gasteiger charge is 2.34. The van der Waals surface area contributed by atoms with Crippen LogP contribution in [0.15, 0.2) is 22.8 Å². The van der Waals surface area contributed by atoms with E-state index in [-0.39, 0.29) is 23.8 Å². The monoisotopic (exact) mass is 293 g/mol. The van der Waals surface area contributed by atoms with Crippen LogP contribution in [-0.4, -0.2) is 27.9 Å². The lowest BCUT2D eigenvalue weighted by Crippen LogP contribution is -2.42. The number of carboxylic acids is 1. The molecule has 0 spiro atoms. The molecule has 1 heterocycles. The van der Waals surface area contributed by atoms with Gasteiger partial charge in [0.15, 0.2) is 0 Å². The summed E-state index contributed by atoms with van der Waals surface area (Å²) in [5, 5.41) is 9.15. The number of amides is 1. The van der Waals surface area contributed by atoms with Crippen molar-refractivity contribution in [2.24, 2.45) is 11.8 Å². The van der Waals surface area contributed by atoms with Crippen LogP contribution in [0.5, 0.6) is 0 Å². The molecule has 116 valence electrons. The van der Waals surface area contributed by atoms with Crippen molar-refractivity contribution in [3.05, 3.63) is 24.2 Å². The average molecular weight is 293 g/mol. The van der Waals surface area contributed by atoms with Crippen molar-refractivity contribution < 1.29 is 19.1 Å². The summed E-state index contributed by atoms with van der Waals surface area (Å²) in [6, 6.07) is 3.72. The van der Waals surface area contributed by atoms with Crippen molar-refractivity contribution in [2.45, 2.75) is 52.1 Å². The van der Waals surface area contributed by atoms with E-state index in [4.69, 9.17) is 9.52 Å². The molecule has 0 bridgehead atoms. The number of rotatable bonds is 5. The zero-order chi connectivity index (χ0) is 15.4. The minimum Gasteiger partial charge on any atom is -0.481 e. The van der Waals surface area contributed by atoms with Gasteiger partial charge in [-0.25, -0.2) is 0 Å². The van der Waals surface area contributed by atoms with Gasteiger partial charge in [-0.05, 0) is 45.2 Å². The van der Waals surface area contributed by atoms with E-state index in [1.165, 1.54) is 0 Å². The van der Waals surface area contributed by atoms with Crippen molar-refractivity contribution in [3.63, 3.8) is 0 Å². The summed E-state index contributed by atoms with van der Waals surface area (Å²) in [4.78, 5) is 25.7. The highest BCUT2D eigenvalue weighted by molar-refractivity contribution is 5.80. The number of carbonyl (C=O) groups is 2. The zero-order valence-corrected chi connectivity index (χ0v) is 12.6. The van der Waals surface area contributed by atoms with Crippen molar-refractivity contribution in [3.8, 4) is 0 Å². The largest absolute Gasteiger partial charge is 0.481 e. The third kappa shape index (κ3) is 3.86. The first-order valence-corrected chi connectivity index (χ1v) is 7.54. The van der Waals surface area contributed by atoms with Crippen molar-refractivity contribution in [1.82, 2.24) is 4.90 Å². The summed E-state index contributed by atoms with van der Waals surface area (Å²) < 4.78 is 5.32. The molecule has 0 radical (unpaired) electrons. The summed E-state index contributed by atoms with van der Waals surface area (Å²) in [5.74, 6) is -0.549. The van der Waals surface area contributed by atoms with Gasteiger partial charge in [0.05, 0.1) is 18.7 Å². The van der Waals surface area contributed by atoms with Gasteiger partial charge in [0.1, 0.15) is 5.76 Å². The van der Waals surface area contributed by atoms with E-state index in [0.717, 1.165) is 18.6 Å². The molecule has 1 N–H and O–H groups in total. The summed E-state index contributed by atoms with van der Waals surface area (Å²) >= 11 is 0. The fraction of sp³-hybridized carbons (Fsp3) is 0.625. The second kappa shape index (κ2) is 6.78. The van der Waals surface area contributed by atoms with Gasteiger partial charge in [-0.15, -0.1) is 0 Å². The molecule has 21 heavy (non-hydrogen) atoms. The predicted octanol–water partition coefficient (Wildman–Crippen LogP) is 2.91. The molecule has 2 rings (SSSR count). The maximum Gasteiger partial charge on any atom is 0.306 e. The fourth-order valence-electron chi connectivity index (χ4n) is 2.96. The van der Waals surface area contributed by atoms with Gasteiger partial charge in [-0.3, -0.25) is 9.59 Å². The van der Waals surface area contributed by atoms with Crippen LogP contribution in [0, 0.1) is 11.8 Å². The Bertz CT molecular complexity index is 480. The van der Waals surface area contributed by atoms with Crippen molar-refractivity contribution >= 4 is 11.9 Å². The molecule has 0 aliphatic heterocycles. The van der Waals surface area contributed by atoms with Gasteiger partial charge in [0, 0.05) is 12.0 Å². The van der Waals surface area contributed by atoms with Crippen LogP contribution in [0.1, 0.15) is 45.3 Å². The molecule has 2 atom stereocenters. The van der Waals surface area contributed by atoms with Crippen LogP contribution in [0.3, 0.4) is 0 Å². The van der Waals surface area contributed by atoms with E-state index >= 15 is 0 Å². The first-order chi connectivity index (χ1) is 9.99. The molecule has 1 saturated carbocycles. The van der Waals surface area contributed by atoms with Gasteiger partial charge in [-0.2, -0.15) is 0 Å². The first-order valence-electron chi connectivity index (χ1n) is 7.54. The van der Waals surface area contributed by atoms with Crippen LogP contribution in [0.2, 0.25) is 0 Å². The molecule has 1 aliphatic rings. The lowest BCUT2D eigenvalue weighted by atomic mass is 9.80. The topological polar surface area (TPSA) is 70.8 Å². The Labute approximate surface area is 124 Å². The van der Waals surface area contributed by atoms with Crippen molar-refractivity contribution in [1.29, 1.82) is 0 Å². The third-order valence-corrected chi connectivity index (χ3v) is 4.19. The van der Waals surface area contributed by atoms with E-state index < -0.39 is 5.97 Å². The minimum absolute atomic E-state index is 0.0485. The Balaban J connectivity index is 2.05. The van der Waals surface area contributed by atoms with Gasteiger partial charge < -0.3 is 14.4 Å². The van der Waals surface area contributed by atoms with E-state index in [2.05, 4.69) is 0 Å².